The second-order valence-corrected chi connectivity index (χ2v) is 9.65. The molecule has 1 N–H and O–H groups in total. The number of nitrogens with one attached hydrogen (secondary N) is 1. The summed E-state index contributed by atoms with van der Waals surface area (Å²) in [5, 5.41) is 4.19. The molecular formula is C23H26N4OS. The highest BCUT2D eigenvalue weighted by molar-refractivity contribution is 7.18. The number of anilines is 1. The summed E-state index contributed by atoms with van der Waals surface area (Å²) in [7, 11) is 2.17. The Morgan fingerprint density at radius 2 is 1.90 bits per heavy atom. The number of likely N-dealkylation sites (tertiary alicyclic amines) is 2. The van der Waals surface area contributed by atoms with E-state index in [0.717, 1.165) is 55.2 Å². The van der Waals surface area contributed by atoms with E-state index in [1.807, 2.05) is 23.1 Å². The summed E-state index contributed by atoms with van der Waals surface area (Å²) in [6, 6.07) is 16.4. The largest absolute Gasteiger partial charge is 0.324 e. The standard InChI is InChI=1S/C23H26N4OS/c1-26-12-10-23(15-26)11-13-27(16-23)22(28)24-18-8-6-17(7-9-18)14-21-25-19-4-2-3-5-20(19)29-21/h2-9H,10-16H2,1H3,(H,24,28). The second-order valence-electron chi connectivity index (χ2n) is 8.54. The van der Waals surface area contributed by atoms with Crippen LogP contribution in [0, 0.1) is 5.41 Å². The Balaban J connectivity index is 1.20. The second kappa shape index (κ2) is 7.43. The van der Waals surface area contributed by atoms with Crippen LogP contribution in [0.15, 0.2) is 48.5 Å². The number of thiazole rings is 1. The van der Waals surface area contributed by atoms with Crippen LogP contribution in [-0.4, -0.2) is 54.0 Å². The van der Waals surface area contributed by atoms with Gasteiger partial charge in [-0.2, -0.15) is 0 Å². The van der Waals surface area contributed by atoms with Crippen molar-refractivity contribution in [3.63, 3.8) is 0 Å². The zero-order chi connectivity index (χ0) is 19.8. The smallest absolute Gasteiger partial charge is 0.321 e. The molecule has 2 amide bonds. The van der Waals surface area contributed by atoms with Crippen molar-refractivity contribution < 1.29 is 4.79 Å². The first kappa shape index (κ1) is 18.6. The number of aromatic nitrogens is 1. The molecule has 1 atom stereocenters. The van der Waals surface area contributed by atoms with Crippen LogP contribution in [-0.2, 0) is 6.42 Å². The van der Waals surface area contributed by atoms with E-state index in [9.17, 15) is 4.79 Å². The number of carbonyl (C=O) groups excluding carboxylic acids is 1. The van der Waals surface area contributed by atoms with E-state index >= 15 is 0 Å². The fourth-order valence-corrected chi connectivity index (χ4v) is 5.68. The third-order valence-corrected chi connectivity index (χ3v) is 7.29. The van der Waals surface area contributed by atoms with Gasteiger partial charge in [-0.15, -0.1) is 11.3 Å². The summed E-state index contributed by atoms with van der Waals surface area (Å²) in [5.74, 6) is 0. The summed E-state index contributed by atoms with van der Waals surface area (Å²) < 4.78 is 1.23. The van der Waals surface area contributed by atoms with Gasteiger partial charge in [0.25, 0.3) is 0 Å². The molecular weight excluding hydrogens is 380 g/mol. The van der Waals surface area contributed by atoms with Crippen LogP contribution < -0.4 is 5.32 Å². The van der Waals surface area contributed by atoms with Crippen molar-refractivity contribution in [3.8, 4) is 0 Å². The van der Waals surface area contributed by atoms with Crippen molar-refractivity contribution in [2.45, 2.75) is 19.3 Å². The highest BCUT2D eigenvalue weighted by Gasteiger charge is 2.43. The molecule has 1 spiro atoms. The summed E-state index contributed by atoms with van der Waals surface area (Å²) >= 11 is 1.74. The zero-order valence-corrected chi connectivity index (χ0v) is 17.5. The molecule has 2 aromatic carbocycles. The third-order valence-electron chi connectivity index (χ3n) is 6.25. The number of amides is 2. The number of benzene rings is 2. The number of nitrogens with zero attached hydrogens (tertiary/aromatic N) is 3. The number of para-hydroxylation sites is 1. The summed E-state index contributed by atoms with van der Waals surface area (Å²) in [6.45, 7) is 3.98. The molecule has 3 heterocycles. The number of hydrogen-bond acceptors (Lipinski definition) is 4. The third kappa shape index (κ3) is 3.87. The molecule has 0 radical (unpaired) electrons. The molecule has 5 nitrogen and oxygen atoms in total. The summed E-state index contributed by atoms with van der Waals surface area (Å²) in [6.07, 6.45) is 3.13. The average Bonchev–Trinajstić information content (AvgIpc) is 3.42. The molecule has 1 aromatic heterocycles. The van der Waals surface area contributed by atoms with Crippen molar-refractivity contribution in [2.75, 3.05) is 38.5 Å². The van der Waals surface area contributed by atoms with Gasteiger partial charge in [0, 0.05) is 37.2 Å². The average molecular weight is 407 g/mol. The van der Waals surface area contributed by atoms with Crippen LogP contribution in [0.3, 0.4) is 0 Å². The van der Waals surface area contributed by atoms with E-state index in [-0.39, 0.29) is 6.03 Å². The molecule has 2 aliphatic heterocycles. The van der Waals surface area contributed by atoms with Crippen LogP contribution in [0.25, 0.3) is 10.2 Å². The quantitative estimate of drug-likeness (QED) is 0.699. The number of rotatable bonds is 3. The van der Waals surface area contributed by atoms with Gasteiger partial charge in [-0.25, -0.2) is 9.78 Å². The Hall–Kier alpha value is -2.44. The number of hydrogen-bond donors (Lipinski definition) is 1. The van der Waals surface area contributed by atoms with E-state index in [4.69, 9.17) is 4.98 Å². The molecule has 0 aliphatic carbocycles. The van der Waals surface area contributed by atoms with Crippen molar-refractivity contribution in [2.24, 2.45) is 5.41 Å². The van der Waals surface area contributed by atoms with Gasteiger partial charge in [0.1, 0.15) is 0 Å². The lowest BCUT2D eigenvalue weighted by Gasteiger charge is -2.24. The molecule has 3 aromatic rings. The minimum atomic E-state index is 0.0235. The summed E-state index contributed by atoms with van der Waals surface area (Å²) in [5.41, 5.74) is 3.43. The molecule has 6 heteroatoms. The van der Waals surface area contributed by atoms with Gasteiger partial charge in [-0.3, -0.25) is 0 Å². The number of carbonyl (C=O) groups is 1. The van der Waals surface area contributed by atoms with Gasteiger partial charge in [-0.05, 0) is 56.3 Å². The zero-order valence-electron chi connectivity index (χ0n) is 16.7. The predicted octanol–water partition coefficient (Wildman–Crippen LogP) is 4.45. The van der Waals surface area contributed by atoms with Crippen molar-refractivity contribution in [3.05, 3.63) is 59.1 Å². The minimum Gasteiger partial charge on any atom is -0.324 e. The maximum absolute atomic E-state index is 12.7. The Bertz CT molecular complexity index is 998. The van der Waals surface area contributed by atoms with E-state index in [2.05, 4.69) is 47.6 Å². The van der Waals surface area contributed by atoms with Crippen molar-refractivity contribution >= 4 is 33.3 Å². The van der Waals surface area contributed by atoms with E-state index in [0.29, 0.717) is 5.41 Å². The van der Waals surface area contributed by atoms with Crippen molar-refractivity contribution in [1.29, 1.82) is 0 Å². The Morgan fingerprint density at radius 3 is 2.66 bits per heavy atom. The monoisotopic (exact) mass is 406 g/mol. The first-order valence-electron chi connectivity index (χ1n) is 10.3. The van der Waals surface area contributed by atoms with Gasteiger partial charge < -0.3 is 15.1 Å². The van der Waals surface area contributed by atoms with E-state index < -0.39 is 0 Å². The minimum absolute atomic E-state index is 0.0235. The van der Waals surface area contributed by atoms with Gasteiger partial charge in [0.2, 0.25) is 0 Å². The molecule has 2 saturated heterocycles. The van der Waals surface area contributed by atoms with E-state index in [1.54, 1.807) is 11.3 Å². The highest BCUT2D eigenvalue weighted by atomic mass is 32.1. The molecule has 0 saturated carbocycles. The molecule has 1 unspecified atom stereocenters. The van der Waals surface area contributed by atoms with Crippen LogP contribution in [0.4, 0.5) is 10.5 Å². The topological polar surface area (TPSA) is 48.5 Å². The van der Waals surface area contributed by atoms with Crippen LogP contribution in [0.1, 0.15) is 23.4 Å². The van der Waals surface area contributed by atoms with Crippen LogP contribution in [0.2, 0.25) is 0 Å². The lowest BCUT2D eigenvalue weighted by molar-refractivity contribution is 0.212. The van der Waals surface area contributed by atoms with Crippen molar-refractivity contribution in [1.82, 2.24) is 14.8 Å². The molecule has 5 rings (SSSR count). The lowest BCUT2D eigenvalue weighted by atomic mass is 9.86. The Kier molecular flexibility index (Phi) is 4.76. The fourth-order valence-electron chi connectivity index (χ4n) is 4.68. The highest BCUT2D eigenvalue weighted by Crippen LogP contribution is 2.39. The van der Waals surface area contributed by atoms with Gasteiger partial charge in [0.05, 0.1) is 15.2 Å². The van der Waals surface area contributed by atoms with E-state index in [1.165, 1.54) is 16.7 Å². The molecule has 0 bridgehead atoms. The SMILES string of the molecule is CN1CCC2(CCN(C(=O)Nc3ccc(Cc4nc5ccccc5s4)cc3)C2)C1. The normalized spacial score (nSPS) is 22.0. The number of fused-ring (bicyclic) bond motifs is 1. The maximum atomic E-state index is 12.7. The first-order valence-corrected chi connectivity index (χ1v) is 11.1. The van der Waals surface area contributed by atoms with Gasteiger partial charge >= 0.3 is 6.03 Å². The van der Waals surface area contributed by atoms with Crippen LogP contribution in [0.5, 0.6) is 0 Å². The lowest BCUT2D eigenvalue weighted by Crippen LogP contribution is -2.36. The number of urea groups is 1. The molecule has 150 valence electrons. The fraction of sp³-hybridized carbons (Fsp3) is 0.391. The molecule has 29 heavy (non-hydrogen) atoms. The van der Waals surface area contributed by atoms with Gasteiger partial charge in [0.15, 0.2) is 0 Å². The molecule has 2 aliphatic rings. The Morgan fingerprint density at radius 1 is 1.10 bits per heavy atom. The maximum Gasteiger partial charge on any atom is 0.321 e. The molecule has 2 fully saturated rings. The Labute approximate surface area is 175 Å². The summed E-state index contributed by atoms with van der Waals surface area (Å²) in [4.78, 5) is 21.8. The predicted molar refractivity (Wildman–Crippen MR) is 119 cm³/mol. The first-order chi connectivity index (χ1) is 14.1. The van der Waals surface area contributed by atoms with Crippen LogP contribution >= 0.6 is 11.3 Å². The van der Waals surface area contributed by atoms with Gasteiger partial charge in [-0.1, -0.05) is 24.3 Å².